The summed E-state index contributed by atoms with van der Waals surface area (Å²) in [6.07, 6.45) is 16.4. The van der Waals surface area contributed by atoms with Crippen molar-refractivity contribution >= 4 is 17.9 Å². The largest absolute Gasteiger partial charge is 0.494 e. The molecule has 2 aromatic carbocycles. The van der Waals surface area contributed by atoms with E-state index in [1.165, 1.54) is 64.2 Å². The Bertz CT molecular complexity index is 1070. The van der Waals surface area contributed by atoms with Crippen LogP contribution in [-0.2, 0) is 9.53 Å². The minimum atomic E-state index is -0.476. The van der Waals surface area contributed by atoms with Crippen molar-refractivity contribution in [2.45, 2.75) is 90.9 Å². The van der Waals surface area contributed by atoms with Crippen molar-refractivity contribution in [2.75, 3.05) is 20.3 Å². The first-order chi connectivity index (χ1) is 19.1. The number of unbranched alkanes of at least 4 members (excludes halogenated alkanes) is 10. The van der Waals surface area contributed by atoms with Gasteiger partial charge in [-0.2, -0.15) is 0 Å². The van der Waals surface area contributed by atoms with Crippen molar-refractivity contribution in [3.63, 3.8) is 0 Å². The first-order valence-corrected chi connectivity index (χ1v) is 14.7. The van der Waals surface area contributed by atoms with Crippen LogP contribution < -0.4 is 14.2 Å². The Kier molecular flexibility index (Phi) is 13.5. The Hall–Kier alpha value is -3.28. The van der Waals surface area contributed by atoms with Crippen LogP contribution >= 0.6 is 0 Å². The Balaban J connectivity index is 1.52. The molecular formula is C33H45NO5. The minimum Gasteiger partial charge on any atom is -0.494 e. The summed E-state index contributed by atoms with van der Waals surface area (Å²) in [5, 5.41) is 0. The third kappa shape index (κ3) is 10.4. The third-order valence-corrected chi connectivity index (χ3v) is 6.73. The number of benzene rings is 2. The SMILES string of the molecule is CCCCCCCCOc1ccc(C2=N/C(=C\c3ccc(OCCCCCCCC)c(OC)c3)C(=O)O2)cc1. The molecule has 0 bridgehead atoms. The molecule has 0 fully saturated rings. The molecular weight excluding hydrogens is 490 g/mol. The van der Waals surface area contributed by atoms with Crippen LogP contribution in [0.5, 0.6) is 17.2 Å². The van der Waals surface area contributed by atoms with E-state index in [2.05, 4.69) is 18.8 Å². The molecule has 0 atom stereocenters. The van der Waals surface area contributed by atoms with Crippen LogP contribution in [0, 0.1) is 0 Å². The van der Waals surface area contributed by atoms with Crippen molar-refractivity contribution in [3.05, 3.63) is 59.3 Å². The molecule has 0 aliphatic carbocycles. The summed E-state index contributed by atoms with van der Waals surface area (Å²) in [7, 11) is 1.62. The highest BCUT2D eigenvalue weighted by Gasteiger charge is 2.24. The topological polar surface area (TPSA) is 66.3 Å². The molecule has 2 aromatic rings. The fourth-order valence-electron chi connectivity index (χ4n) is 4.41. The van der Waals surface area contributed by atoms with Gasteiger partial charge in [0.2, 0.25) is 5.90 Å². The van der Waals surface area contributed by atoms with Gasteiger partial charge in [0, 0.05) is 5.56 Å². The number of nitrogens with zero attached hydrogens (tertiary/aromatic N) is 1. The molecule has 0 radical (unpaired) electrons. The fourth-order valence-corrected chi connectivity index (χ4v) is 4.41. The molecule has 39 heavy (non-hydrogen) atoms. The molecule has 0 aromatic heterocycles. The van der Waals surface area contributed by atoms with Gasteiger partial charge < -0.3 is 18.9 Å². The molecule has 0 saturated heterocycles. The van der Waals surface area contributed by atoms with Crippen LogP contribution in [0.1, 0.15) is 102 Å². The highest BCUT2D eigenvalue weighted by Crippen LogP contribution is 2.30. The Labute approximate surface area is 234 Å². The van der Waals surface area contributed by atoms with Gasteiger partial charge >= 0.3 is 5.97 Å². The first kappa shape index (κ1) is 30.3. The van der Waals surface area contributed by atoms with Gasteiger partial charge in [0.1, 0.15) is 5.75 Å². The zero-order valence-corrected chi connectivity index (χ0v) is 24.0. The molecule has 1 heterocycles. The number of cyclic esters (lactones) is 1. The lowest BCUT2D eigenvalue weighted by molar-refractivity contribution is -0.129. The molecule has 0 spiro atoms. The monoisotopic (exact) mass is 535 g/mol. The van der Waals surface area contributed by atoms with Gasteiger partial charge in [-0.15, -0.1) is 0 Å². The summed E-state index contributed by atoms with van der Waals surface area (Å²) in [4.78, 5) is 16.9. The quantitative estimate of drug-likeness (QED) is 0.102. The normalized spacial score (nSPS) is 13.9. The summed E-state index contributed by atoms with van der Waals surface area (Å²) in [6.45, 7) is 5.82. The fraction of sp³-hybridized carbons (Fsp3) is 0.515. The van der Waals surface area contributed by atoms with Crippen LogP contribution in [0.2, 0.25) is 0 Å². The van der Waals surface area contributed by atoms with Crippen LogP contribution in [0.25, 0.3) is 6.08 Å². The molecule has 0 N–H and O–H groups in total. The Morgan fingerprint density at radius 1 is 0.744 bits per heavy atom. The standard InChI is InChI=1S/C33H45NO5/c1-4-6-8-10-12-14-22-37-28-19-17-27(18-20-28)32-34-29(33(35)39-32)24-26-16-21-30(31(25-26)36-3)38-23-15-13-11-9-7-5-2/h16-21,24-25H,4-15,22-23H2,1-3H3/b29-24-. The summed E-state index contributed by atoms with van der Waals surface area (Å²) >= 11 is 0. The Morgan fingerprint density at radius 2 is 1.36 bits per heavy atom. The minimum absolute atomic E-state index is 0.246. The van der Waals surface area contributed by atoms with E-state index in [1.54, 1.807) is 13.2 Å². The van der Waals surface area contributed by atoms with Crippen molar-refractivity contribution in [1.82, 2.24) is 0 Å². The molecule has 6 nitrogen and oxygen atoms in total. The molecule has 3 rings (SSSR count). The van der Waals surface area contributed by atoms with Gasteiger partial charge in [0.15, 0.2) is 17.2 Å². The van der Waals surface area contributed by atoms with E-state index in [-0.39, 0.29) is 5.70 Å². The number of hydrogen-bond acceptors (Lipinski definition) is 6. The van der Waals surface area contributed by atoms with E-state index in [1.807, 2.05) is 42.5 Å². The lowest BCUT2D eigenvalue weighted by Crippen LogP contribution is -2.05. The molecule has 1 aliphatic rings. The first-order valence-electron chi connectivity index (χ1n) is 14.7. The molecule has 212 valence electrons. The van der Waals surface area contributed by atoms with Gasteiger partial charge in [0.05, 0.1) is 20.3 Å². The van der Waals surface area contributed by atoms with E-state index in [0.717, 1.165) is 29.7 Å². The predicted octanol–water partition coefficient (Wildman–Crippen LogP) is 8.52. The molecule has 1 aliphatic heterocycles. The summed E-state index contributed by atoms with van der Waals surface area (Å²) in [5.41, 5.74) is 1.76. The van der Waals surface area contributed by atoms with Crippen molar-refractivity contribution < 1.29 is 23.7 Å². The zero-order chi connectivity index (χ0) is 27.7. The number of ether oxygens (including phenoxy) is 4. The number of methoxy groups -OCH3 is 1. The second kappa shape index (κ2) is 17.3. The van der Waals surface area contributed by atoms with E-state index >= 15 is 0 Å². The molecule has 6 heteroatoms. The highest BCUT2D eigenvalue weighted by molar-refractivity contribution is 6.12. The molecule has 0 unspecified atom stereocenters. The highest BCUT2D eigenvalue weighted by atomic mass is 16.6. The zero-order valence-electron chi connectivity index (χ0n) is 24.0. The molecule has 0 saturated carbocycles. The predicted molar refractivity (Wildman–Crippen MR) is 158 cm³/mol. The van der Waals surface area contributed by atoms with E-state index in [4.69, 9.17) is 18.9 Å². The summed E-state index contributed by atoms with van der Waals surface area (Å²) in [5.74, 6) is 1.95. The average molecular weight is 536 g/mol. The van der Waals surface area contributed by atoms with Gasteiger partial charge in [-0.3, -0.25) is 0 Å². The number of hydrogen-bond donors (Lipinski definition) is 0. The van der Waals surface area contributed by atoms with Gasteiger partial charge in [-0.1, -0.05) is 84.1 Å². The number of esters is 1. The lowest BCUT2D eigenvalue weighted by Gasteiger charge is -2.11. The van der Waals surface area contributed by atoms with Gasteiger partial charge in [0.25, 0.3) is 0 Å². The van der Waals surface area contributed by atoms with E-state index in [9.17, 15) is 4.79 Å². The van der Waals surface area contributed by atoms with Crippen molar-refractivity contribution in [3.8, 4) is 17.2 Å². The average Bonchev–Trinajstić information content (AvgIpc) is 3.32. The third-order valence-electron chi connectivity index (χ3n) is 6.73. The number of rotatable bonds is 19. The van der Waals surface area contributed by atoms with Gasteiger partial charge in [-0.25, -0.2) is 9.79 Å². The summed E-state index contributed by atoms with van der Waals surface area (Å²) in [6, 6.07) is 13.1. The Morgan fingerprint density at radius 3 is 2.00 bits per heavy atom. The maximum atomic E-state index is 12.5. The van der Waals surface area contributed by atoms with Crippen molar-refractivity contribution in [2.24, 2.45) is 4.99 Å². The second-order valence-corrected chi connectivity index (χ2v) is 10.0. The number of aliphatic imine (C=N–C) groups is 1. The van der Waals surface area contributed by atoms with Crippen LogP contribution in [0.3, 0.4) is 0 Å². The number of carbonyl (C=O) groups excluding carboxylic acids is 1. The lowest BCUT2D eigenvalue weighted by atomic mass is 10.1. The van der Waals surface area contributed by atoms with E-state index in [0.29, 0.717) is 30.6 Å². The number of carbonyl (C=O) groups is 1. The second-order valence-electron chi connectivity index (χ2n) is 10.0. The smallest absolute Gasteiger partial charge is 0.363 e. The van der Waals surface area contributed by atoms with Crippen molar-refractivity contribution in [1.29, 1.82) is 0 Å². The van der Waals surface area contributed by atoms with E-state index < -0.39 is 5.97 Å². The van der Waals surface area contributed by atoms with Crippen LogP contribution in [0.4, 0.5) is 0 Å². The molecule has 0 amide bonds. The van der Waals surface area contributed by atoms with Gasteiger partial charge in [-0.05, 0) is 60.9 Å². The van der Waals surface area contributed by atoms with Crippen LogP contribution in [-0.4, -0.2) is 32.2 Å². The summed E-state index contributed by atoms with van der Waals surface area (Å²) < 4.78 is 22.8. The maximum absolute atomic E-state index is 12.5. The maximum Gasteiger partial charge on any atom is 0.363 e. The van der Waals surface area contributed by atoms with Crippen LogP contribution in [0.15, 0.2) is 53.2 Å².